The van der Waals surface area contributed by atoms with Crippen LogP contribution in [0.2, 0.25) is 0 Å². The molecule has 1 amide bonds. The number of aromatic nitrogens is 1. The number of carbonyl (C=O) groups excluding carboxylic acids is 1. The van der Waals surface area contributed by atoms with Gasteiger partial charge in [-0.25, -0.2) is 4.98 Å². The molecule has 0 spiro atoms. The molecule has 0 atom stereocenters. The third-order valence-electron chi connectivity index (χ3n) is 6.59. The van der Waals surface area contributed by atoms with E-state index in [4.69, 9.17) is 14.5 Å². The van der Waals surface area contributed by atoms with Gasteiger partial charge in [0.05, 0.1) is 36.1 Å². The highest BCUT2D eigenvalue weighted by atomic mass is 35.5. The zero-order valence-electron chi connectivity index (χ0n) is 20.2. The van der Waals surface area contributed by atoms with E-state index in [1.807, 2.05) is 41.3 Å². The molecule has 1 aliphatic rings. The molecule has 0 N–H and O–H groups in total. The van der Waals surface area contributed by atoms with Crippen LogP contribution in [0.1, 0.15) is 21.5 Å². The second-order valence-electron chi connectivity index (χ2n) is 8.66. The van der Waals surface area contributed by atoms with E-state index in [1.54, 1.807) is 18.4 Å². The van der Waals surface area contributed by atoms with Gasteiger partial charge in [0.1, 0.15) is 5.75 Å². The van der Waals surface area contributed by atoms with Crippen LogP contribution in [0.3, 0.4) is 0 Å². The van der Waals surface area contributed by atoms with Gasteiger partial charge in [-0.2, -0.15) is 0 Å². The molecule has 4 aromatic rings. The summed E-state index contributed by atoms with van der Waals surface area (Å²) < 4.78 is 12.2. The Morgan fingerprint density at radius 2 is 1.83 bits per heavy atom. The lowest BCUT2D eigenvalue weighted by molar-refractivity contribution is 0.0391. The molecule has 6 nitrogen and oxygen atoms in total. The minimum atomic E-state index is -0.0932. The number of nitrogens with zero attached hydrogens (tertiary/aromatic N) is 3. The van der Waals surface area contributed by atoms with Crippen LogP contribution >= 0.6 is 23.7 Å². The second-order valence-corrected chi connectivity index (χ2v) is 9.67. The maximum atomic E-state index is 14.0. The number of methoxy groups -OCH3 is 1. The SMILES string of the molecule is COc1cc2ccccc2cc1C(=O)N(CCN1CCOCC1)c1nc2c(C)c(C)ccc2s1.Cl. The highest BCUT2D eigenvalue weighted by Crippen LogP contribution is 2.34. The molecule has 0 aliphatic carbocycles. The van der Waals surface area contributed by atoms with E-state index in [0.717, 1.165) is 64.5 Å². The Labute approximate surface area is 215 Å². The van der Waals surface area contributed by atoms with Crippen molar-refractivity contribution in [2.24, 2.45) is 0 Å². The van der Waals surface area contributed by atoms with Crippen molar-refractivity contribution in [3.63, 3.8) is 0 Å². The smallest absolute Gasteiger partial charge is 0.263 e. The molecule has 0 radical (unpaired) electrons. The first kappa shape index (κ1) is 25.4. The van der Waals surface area contributed by atoms with Crippen molar-refractivity contribution in [2.45, 2.75) is 13.8 Å². The monoisotopic (exact) mass is 511 g/mol. The molecule has 2 heterocycles. The van der Waals surface area contributed by atoms with Crippen LogP contribution in [-0.2, 0) is 4.74 Å². The molecule has 184 valence electrons. The average Bonchev–Trinajstić information content (AvgIpc) is 3.31. The van der Waals surface area contributed by atoms with Crippen molar-refractivity contribution < 1.29 is 14.3 Å². The van der Waals surface area contributed by atoms with Crippen LogP contribution in [0.15, 0.2) is 48.5 Å². The van der Waals surface area contributed by atoms with Crippen molar-refractivity contribution in [2.75, 3.05) is 51.4 Å². The number of thiazole rings is 1. The lowest BCUT2D eigenvalue weighted by Gasteiger charge is -2.29. The largest absolute Gasteiger partial charge is 0.496 e. The van der Waals surface area contributed by atoms with E-state index in [2.05, 4.69) is 30.9 Å². The van der Waals surface area contributed by atoms with Crippen LogP contribution in [0, 0.1) is 13.8 Å². The summed E-state index contributed by atoms with van der Waals surface area (Å²) in [6.07, 6.45) is 0. The zero-order chi connectivity index (χ0) is 23.7. The maximum absolute atomic E-state index is 14.0. The van der Waals surface area contributed by atoms with Crippen molar-refractivity contribution >= 4 is 55.8 Å². The van der Waals surface area contributed by atoms with Gasteiger partial charge >= 0.3 is 0 Å². The number of halogens is 1. The van der Waals surface area contributed by atoms with Gasteiger partial charge in [-0.3, -0.25) is 14.6 Å². The normalized spacial score (nSPS) is 14.1. The van der Waals surface area contributed by atoms with Gasteiger partial charge in [-0.15, -0.1) is 12.4 Å². The van der Waals surface area contributed by atoms with E-state index in [-0.39, 0.29) is 18.3 Å². The number of fused-ring (bicyclic) bond motifs is 2. The quantitative estimate of drug-likeness (QED) is 0.343. The van der Waals surface area contributed by atoms with Gasteiger partial charge in [0.25, 0.3) is 5.91 Å². The second kappa shape index (κ2) is 10.9. The van der Waals surface area contributed by atoms with Crippen LogP contribution in [0.25, 0.3) is 21.0 Å². The third-order valence-corrected chi connectivity index (χ3v) is 7.63. The summed E-state index contributed by atoms with van der Waals surface area (Å²) in [7, 11) is 1.61. The summed E-state index contributed by atoms with van der Waals surface area (Å²) in [5.74, 6) is 0.484. The van der Waals surface area contributed by atoms with E-state index < -0.39 is 0 Å². The van der Waals surface area contributed by atoms with E-state index in [0.29, 0.717) is 17.9 Å². The van der Waals surface area contributed by atoms with Crippen LogP contribution in [0.5, 0.6) is 5.75 Å². The molecule has 5 rings (SSSR count). The Kier molecular flexibility index (Phi) is 7.91. The summed E-state index contributed by atoms with van der Waals surface area (Å²) in [6, 6.07) is 16.1. The highest BCUT2D eigenvalue weighted by Gasteiger charge is 2.26. The van der Waals surface area contributed by atoms with Crippen molar-refractivity contribution in [1.29, 1.82) is 0 Å². The summed E-state index contributed by atoms with van der Waals surface area (Å²) in [5, 5.41) is 2.77. The van der Waals surface area contributed by atoms with E-state index >= 15 is 0 Å². The molecule has 1 aliphatic heterocycles. The number of ether oxygens (including phenoxy) is 2. The predicted octanol–water partition coefficient (Wildman–Crippen LogP) is 5.48. The Morgan fingerprint density at radius 1 is 1.11 bits per heavy atom. The molecule has 1 fully saturated rings. The lowest BCUT2D eigenvalue weighted by atomic mass is 10.0. The summed E-state index contributed by atoms with van der Waals surface area (Å²) in [5.41, 5.74) is 3.88. The van der Waals surface area contributed by atoms with E-state index in [1.165, 1.54) is 5.56 Å². The van der Waals surface area contributed by atoms with Crippen LogP contribution in [-0.4, -0.2) is 62.3 Å². The fraction of sp³-hybridized carbons (Fsp3) is 0.333. The fourth-order valence-corrected chi connectivity index (χ4v) is 5.43. The molecule has 35 heavy (non-hydrogen) atoms. The molecular weight excluding hydrogens is 482 g/mol. The van der Waals surface area contributed by atoms with Gasteiger partial charge < -0.3 is 9.47 Å². The summed E-state index contributed by atoms with van der Waals surface area (Å²) in [4.78, 5) is 23.1. The molecular formula is C27H30ClN3O3S. The summed E-state index contributed by atoms with van der Waals surface area (Å²) >= 11 is 1.56. The zero-order valence-corrected chi connectivity index (χ0v) is 21.9. The third kappa shape index (κ3) is 5.14. The Bertz CT molecular complexity index is 1350. The van der Waals surface area contributed by atoms with Gasteiger partial charge in [0.2, 0.25) is 0 Å². The first-order valence-corrected chi connectivity index (χ1v) is 12.4. The molecule has 0 unspecified atom stereocenters. The van der Waals surface area contributed by atoms with Crippen molar-refractivity contribution in [1.82, 2.24) is 9.88 Å². The number of morpholine rings is 1. The summed E-state index contributed by atoms with van der Waals surface area (Å²) in [6.45, 7) is 8.70. The number of hydrogen-bond acceptors (Lipinski definition) is 6. The van der Waals surface area contributed by atoms with Gasteiger partial charge in [-0.05, 0) is 53.9 Å². The molecule has 0 bridgehead atoms. The first-order chi connectivity index (χ1) is 16.5. The predicted molar refractivity (Wildman–Crippen MR) is 146 cm³/mol. The number of amides is 1. The number of carbonyl (C=O) groups is 1. The lowest BCUT2D eigenvalue weighted by Crippen LogP contribution is -2.43. The number of hydrogen-bond donors (Lipinski definition) is 0. The van der Waals surface area contributed by atoms with Gasteiger partial charge in [0, 0.05) is 26.2 Å². The first-order valence-electron chi connectivity index (χ1n) is 11.6. The van der Waals surface area contributed by atoms with Crippen molar-refractivity contribution in [3.05, 3.63) is 65.2 Å². The van der Waals surface area contributed by atoms with Crippen LogP contribution < -0.4 is 9.64 Å². The van der Waals surface area contributed by atoms with Crippen LogP contribution in [0.4, 0.5) is 5.13 Å². The molecule has 8 heteroatoms. The molecule has 3 aromatic carbocycles. The number of rotatable bonds is 6. The highest BCUT2D eigenvalue weighted by molar-refractivity contribution is 7.22. The minimum absolute atomic E-state index is 0. The molecule has 1 aromatic heterocycles. The van der Waals surface area contributed by atoms with Gasteiger partial charge in [-0.1, -0.05) is 41.7 Å². The topological polar surface area (TPSA) is 54.9 Å². The van der Waals surface area contributed by atoms with Crippen molar-refractivity contribution in [3.8, 4) is 5.75 Å². The number of aryl methyl sites for hydroxylation is 2. The standard InChI is InChI=1S/C27H29N3O3S.ClH/c1-18-8-9-24-25(19(18)2)28-27(34-24)30(11-10-29-12-14-33-15-13-29)26(31)22-16-20-6-4-5-7-21(20)17-23(22)32-3;/h4-9,16-17H,10-15H2,1-3H3;1H. The minimum Gasteiger partial charge on any atom is -0.496 e. The Balaban J connectivity index is 0.00000289. The maximum Gasteiger partial charge on any atom is 0.263 e. The molecule has 1 saturated heterocycles. The Hall–Kier alpha value is -2.71. The molecule has 0 saturated carbocycles. The average molecular weight is 512 g/mol. The van der Waals surface area contributed by atoms with Gasteiger partial charge in [0.15, 0.2) is 5.13 Å². The number of benzene rings is 3. The van der Waals surface area contributed by atoms with E-state index in [9.17, 15) is 4.79 Å². The Morgan fingerprint density at radius 3 is 2.54 bits per heavy atom. The fourth-order valence-electron chi connectivity index (χ4n) is 4.38. The number of anilines is 1.